The molecule has 2 aromatic rings. The number of aromatic nitrogens is 1. The van der Waals surface area contributed by atoms with Gasteiger partial charge in [-0.2, -0.15) is 0 Å². The quantitative estimate of drug-likeness (QED) is 0.695. The molecule has 102 valence electrons. The lowest BCUT2D eigenvalue weighted by Crippen LogP contribution is -2.13. The van der Waals surface area contributed by atoms with Gasteiger partial charge in [-0.05, 0) is 24.6 Å². The summed E-state index contributed by atoms with van der Waals surface area (Å²) in [6, 6.07) is 5.36. The highest BCUT2D eigenvalue weighted by molar-refractivity contribution is 6.34. The van der Waals surface area contributed by atoms with E-state index in [1.165, 1.54) is 18.3 Å². The summed E-state index contributed by atoms with van der Waals surface area (Å²) in [5.41, 5.74) is 1.22. The summed E-state index contributed by atoms with van der Waals surface area (Å²) in [4.78, 5) is 26.2. The predicted octanol–water partition coefficient (Wildman–Crippen LogP) is 3.20. The standard InChI is InChI=1S/C13H10ClN3O3/c1-8-7-15-5-4-12(8)16-13(18)10-6-9(17(19)20)2-3-11(10)14/h2-7H,1H3,(H,15,16,18). The average molecular weight is 292 g/mol. The van der Waals surface area contributed by atoms with Crippen LogP contribution in [0.5, 0.6) is 0 Å². The average Bonchev–Trinajstić information content (AvgIpc) is 2.41. The van der Waals surface area contributed by atoms with Crippen LogP contribution in [0.1, 0.15) is 15.9 Å². The summed E-state index contributed by atoms with van der Waals surface area (Å²) in [7, 11) is 0. The van der Waals surface area contributed by atoms with E-state index in [1.807, 2.05) is 0 Å². The maximum atomic E-state index is 12.1. The van der Waals surface area contributed by atoms with Gasteiger partial charge in [-0.15, -0.1) is 0 Å². The van der Waals surface area contributed by atoms with Crippen LogP contribution in [0.2, 0.25) is 5.02 Å². The third kappa shape index (κ3) is 2.92. The number of rotatable bonds is 3. The van der Waals surface area contributed by atoms with Crippen LogP contribution in [0.4, 0.5) is 11.4 Å². The fraction of sp³-hybridized carbons (Fsp3) is 0.0769. The number of nitro groups is 1. The van der Waals surface area contributed by atoms with Crippen LogP contribution in [0.25, 0.3) is 0 Å². The lowest BCUT2D eigenvalue weighted by molar-refractivity contribution is -0.384. The van der Waals surface area contributed by atoms with E-state index in [4.69, 9.17) is 11.6 Å². The van der Waals surface area contributed by atoms with Gasteiger partial charge in [0.15, 0.2) is 0 Å². The van der Waals surface area contributed by atoms with Crippen molar-refractivity contribution in [3.8, 4) is 0 Å². The third-order valence-electron chi connectivity index (χ3n) is 2.67. The first-order chi connectivity index (χ1) is 9.49. The summed E-state index contributed by atoms with van der Waals surface area (Å²) < 4.78 is 0. The Balaban J connectivity index is 2.32. The van der Waals surface area contributed by atoms with E-state index in [1.54, 1.807) is 19.2 Å². The van der Waals surface area contributed by atoms with E-state index >= 15 is 0 Å². The Labute approximate surface area is 119 Å². The molecule has 0 saturated carbocycles. The van der Waals surface area contributed by atoms with Crippen LogP contribution >= 0.6 is 11.6 Å². The number of non-ortho nitro benzene ring substituents is 1. The molecule has 0 spiro atoms. The van der Waals surface area contributed by atoms with Gasteiger partial charge in [-0.25, -0.2) is 0 Å². The van der Waals surface area contributed by atoms with Crippen LogP contribution in [0, 0.1) is 17.0 Å². The summed E-state index contributed by atoms with van der Waals surface area (Å²) in [5, 5.41) is 13.5. The molecule has 0 atom stereocenters. The highest BCUT2D eigenvalue weighted by atomic mass is 35.5. The zero-order valence-electron chi connectivity index (χ0n) is 10.5. The first-order valence-corrected chi connectivity index (χ1v) is 6.02. The monoisotopic (exact) mass is 291 g/mol. The van der Waals surface area contributed by atoms with Gasteiger partial charge in [0.2, 0.25) is 0 Å². The van der Waals surface area contributed by atoms with Crippen molar-refractivity contribution in [2.45, 2.75) is 6.92 Å². The molecule has 1 heterocycles. The maximum Gasteiger partial charge on any atom is 0.270 e. The number of benzene rings is 1. The molecule has 2 rings (SSSR count). The zero-order valence-corrected chi connectivity index (χ0v) is 11.2. The number of anilines is 1. The molecule has 0 saturated heterocycles. The number of nitrogens with one attached hydrogen (secondary N) is 1. The molecule has 0 aliphatic carbocycles. The Morgan fingerprint density at radius 2 is 2.15 bits per heavy atom. The molecule has 1 aromatic carbocycles. The molecular weight excluding hydrogens is 282 g/mol. The van der Waals surface area contributed by atoms with Crippen molar-refractivity contribution in [3.63, 3.8) is 0 Å². The lowest BCUT2D eigenvalue weighted by atomic mass is 10.1. The van der Waals surface area contributed by atoms with Crippen molar-refractivity contribution in [2.75, 3.05) is 5.32 Å². The van der Waals surface area contributed by atoms with E-state index < -0.39 is 10.8 Å². The van der Waals surface area contributed by atoms with E-state index in [2.05, 4.69) is 10.3 Å². The van der Waals surface area contributed by atoms with Gasteiger partial charge >= 0.3 is 0 Å². The minimum atomic E-state index is -0.579. The first-order valence-electron chi connectivity index (χ1n) is 5.65. The van der Waals surface area contributed by atoms with Crippen molar-refractivity contribution >= 4 is 28.9 Å². The number of hydrogen-bond donors (Lipinski definition) is 1. The Morgan fingerprint density at radius 3 is 2.80 bits per heavy atom. The van der Waals surface area contributed by atoms with Gasteiger partial charge in [0.05, 0.1) is 15.5 Å². The van der Waals surface area contributed by atoms with Gasteiger partial charge < -0.3 is 5.32 Å². The summed E-state index contributed by atoms with van der Waals surface area (Å²) in [6.45, 7) is 1.79. The largest absolute Gasteiger partial charge is 0.322 e. The number of carbonyl (C=O) groups is 1. The SMILES string of the molecule is Cc1cnccc1NC(=O)c1cc([N+](=O)[O-])ccc1Cl. The predicted molar refractivity (Wildman–Crippen MR) is 75.0 cm³/mol. The van der Waals surface area contributed by atoms with Gasteiger partial charge in [0.25, 0.3) is 11.6 Å². The van der Waals surface area contributed by atoms with Crippen molar-refractivity contribution in [1.82, 2.24) is 4.98 Å². The molecule has 20 heavy (non-hydrogen) atoms. The summed E-state index contributed by atoms with van der Waals surface area (Å²) in [5.74, 6) is -0.506. The van der Waals surface area contributed by atoms with Crippen molar-refractivity contribution < 1.29 is 9.72 Å². The number of pyridine rings is 1. The molecule has 7 heteroatoms. The van der Waals surface area contributed by atoms with Gasteiger partial charge in [-0.1, -0.05) is 11.6 Å². The molecule has 1 amide bonds. The second-order valence-corrected chi connectivity index (χ2v) is 4.47. The van der Waals surface area contributed by atoms with Crippen LogP contribution in [0.3, 0.4) is 0 Å². The zero-order chi connectivity index (χ0) is 14.7. The molecule has 1 aromatic heterocycles. The third-order valence-corrected chi connectivity index (χ3v) is 3.00. The highest BCUT2D eigenvalue weighted by Gasteiger charge is 2.16. The number of carbonyl (C=O) groups excluding carboxylic acids is 1. The van der Waals surface area contributed by atoms with Crippen LogP contribution in [-0.4, -0.2) is 15.8 Å². The fourth-order valence-corrected chi connectivity index (χ4v) is 1.81. The molecular formula is C13H10ClN3O3. The van der Waals surface area contributed by atoms with E-state index in [-0.39, 0.29) is 16.3 Å². The van der Waals surface area contributed by atoms with E-state index in [0.717, 1.165) is 11.6 Å². The fourth-order valence-electron chi connectivity index (χ4n) is 1.60. The van der Waals surface area contributed by atoms with Gasteiger partial charge in [-0.3, -0.25) is 19.9 Å². The molecule has 1 N–H and O–H groups in total. The Bertz CT molecular complexity index is 688. The summed E-state index contributed by atoms with van der Waals surface area (Å²) in [6.07, 6.45) is 3.14. The second kappa shape index (κ2) is 5.66. The van der Waals surface area contributed by atoms with E-state index in [0.29, 0.717) is 5.69 Å². The van der Waals surface area contributed by atoms with Crippen molar-refractivity contribution in [1.29, 1.82) is 0 Å². The van der Waals surface area contributed by atoms with Crippen LogP contribution in [-0.2, 0) is 0 Å². The van der Waals surface area contributed by atoms with Crippen molar-refractivity contribution in [2.24, 2.45) is 0 Å². The maximum absolute atomic E-state index is 12.1. The second-order valence-electron chi connectivity index (χ2n) is 4.07. The lowest BCUT2D eigenvalue weighted by Gasteiger charge is -2.08. The number of nitrogens with zero attached hydrogens (tertiary/aromatic N) is 2. The topological polar surface area (TPSA) is 85.1 Å². The Kier molecular flexibility index (Phi) is 3.95. The number of nitro benzene ring substituents is 1. The van der Waals surface area contributed by atoms with Gasteiger partial charge in [0, 0.05) is 30.2 Å². The molecule has 0 aliphatic heterocycles. The number of hydrogen-bond acceptors (Lipinski definition) is 4. The Morgan fingerprint density at radius 1 is 1.40 bits per heavy atom. The van der Waals surface area contributed by atoms with Crippen LogP contribution in [0.15, 0.2) is 36.7 Å². The molecule has 0 fully saturated rings. The van der Waals surface area contributed by atoms with Crippen molar-refractivity contribution in [3.05, 3.63) is 62.9 Å². The van der Waals surface area contributed by atoms with Gasteiger partial charge in [0.1, 0.15) is 0 Å². The molecule has 0 radical (unpaired) electrons. The number of aryl methyl sites for hydroxylation is 1. The number of halogens is 1. The smallest absolute Gasteiger partial charge is 0.270 e. The first kappa shape index (κ1) is 14.0. The number of amides is 1. The van der Waals surface area contributed by atoms with Crippen LogP contribution < -0.4 is 5.32 Å². The highest BCUT2D eigenvalue weighted by Crippen LogP contribution is 2.23. The molecule has 0 bridgehead atoms. The molecule has 0 unspecified atom stereocenters. The minimum absolute atomic E-state index is 0.0529. The van der Waals surface area contributed by atoms with E-state index in [9.17, 15) is 14.9 Å². The minimum Gasteiger partial charge on any atom is -0.322 e. The Hall–Kier alpha value is -2.47. The molecule has 0 aliphatic rings. The molecule has 6 nitrogen and oxygen atoms in total. The normalized spacial score (nSPS) is 10.1. The summed E-state index contributed by atoms with van der Waals surface area (Å²) >= 11 is 5.91.